The van der Waals surface area contributed by atoms with Gasteiger partial charge >= 0.3 is 0 Å². The number of thioether (sulfide) groups is 1. The third-order valence-electron chi connectivity index (χ3n) is 8.21. The summed E-state index contributed by atoms with van der Waals surface area (Å²) in [7, 11) is 0. The average Bonchev–Trinajstić information content (AvgIpc) is 3.38. The molecule has 4 nitrogen and oxygen atoms in total. The Morgan fingerprint density at radius 1 is 1.00 bits per heavy atom. The summed E-state index contributed by atoms with van der Waals surface area (Å²) < 4.78 is 16.2. The molecule has 39 heavy (non-hydrogen) atoms. The van der Waals surface area contributed by atoms with Crippen LogP contribution in [-0.4, -0.2) is 26.9 Å². The minimum Gasteiger partial charge on any atom is -0.356 e. The number of nitrogens with zero attached hydrogens (tertiary/aromatic N) is 2. The molecule has 1 aliphatic heterocycles. The number of carbonyl (C=O) groups excluding carboxylic acids is 1. The van der Waals surface area contributed by atoms with Crippen molar-refractivity contribution in [3.63, 3.8) is 0 Å². The molecule has 1 amide bonds. The van der Waals surface area contributed by atoms with Gasteiger partial charge in [0.2, 0.25) is 0 Å². The second-order valence-electron chi connectivity index (χ2n) is 10.8. The van der Waals surface area contributed by atoms with Crippen LogP contribution < -0.4 is 5.32 Å². The van der Waals surface area contributed by atoms with Crippen molar-refractivity contribution in [3.8, 4) is 0 Å². The van der Waals surface area contributed by atoms with E-state index >= 15 is 0 Å². The molecule has 1 saturated carbocycles. The number of fused-ring (bicyclic) bond motifs is 1. The van der Waals surface area contributed by atoms with Gasteiger partial charge < -0.3 is 14.8 Å². The van der Waals surface area contributed by atoms with E-state index < -0.39 is 0 Å². The highest BCUT2D eigenvalue weighted by Crippen LogP contribution is 2.43. The fraction of sp³-hybridized carbons (Fsp3) is 0.303. The van der Waals surface area contributed by atoms with Crippen LogP contribution in [0.1, 0.15) is 49.4 Å². The second kappa shape index (κ2) is 10.9. The second-order valence-corrected chi connectivity index (χ2v) is 11.9. The Morgan fingerprint density at radius 2 is 1.77 bits per heavy atom. The lowest BCUT2D eigenvalue weighted by atomic mass is 9.85. The first kappa shape index (κ1) is 25.8. The Hall–Kier alpha value is -3.51. The number of para-hydroxylation sites is 2. The van der Waals surface area contributed by atoms with Crippen LogP contribution in [0.25, 0.3) is 17.0 Å². The van der Waals surface area contributed by atoms with Gasteiger partial charge in [-0.1, -0.05) is 80.1 Å². The van der Waals surface area contributed by atoms with Crippen molar-refractivity contribution >= 4 is 40.3 Å². The highest BCUT2D eigenvalue weighted by atomic mass is 32.2. The molecule has 1 saturated heterocycles. The molecule has 1 aliphatic carbocycles. The largest absolute Gasteiger partial charge is 0.356 e. The lowest BCUT2D eigenvalue weighted by molar-refractivity contribution is -0.129. The van der Waals surface area contributed by atoms with E-state index in [1.807, 2.05) is 36.4 Å². The Bertz CT molecular complexity index is 1530. The summed E-state index contributed by atoms with van der Waals surface area (Å²) in [5.41, 5.74) is 4.97. The van der Waals surface area contributed by atoms with Gasteiger partial charge in [-0.2, -0.15) is 0 Å². The van der Waals surface area contributed by atoms with Crippen molar-refractivity contribution in [3.05, 3.63) is 106 Å². The maximum Gasteiger partial charge on any atom is 0.262 e. The van der Waals surface area contributed by atoms with E-state index in [-0.39, 0.29) is 23.3 Å². The summed E-state index contributed by atoms with van der Waals surface area (Å²) >= 11 is 1.61. The Balaban J connectivity index is 1.39. The SMILES string of the molecule is Cc1c(/C=C2\SC(Nc3ccccc3)N([C@@H]3CCCC[C@H]3C)C2=O)c2ccccc2n1Cc1cccc(F)c1. The first-order chi connectivity index (χ1) is 19.0. The number of aromatic nitrogens is 1. The number of rotatable bonds is 6. The quantitative estimate of drug-likeness (QED) is 0.252. The molecule has 3 atom stereocenters. The van der Waals surface area contributed by atoms with Crippen LogP contribution in [0.4, 0.5) is 10.1 Å². The normalized spacial score (nSPS) is 22.6. The van der Waals surface area contributed by atoms with Gasteiger partial charge in [0.15, 0.2) is 5.50 Å². The first-order valence-corrected chi connectivity index (χ1v) is 14.7. The number of halogens is 1. The number of amides is 1. The monoisotopic (exact) mass is 539 g/mol. The molecule has 3 aromatic carbocycles. The minimum atomic E-state index is -0.231. The highest BCUT2D eigenvalue weighted by Gasteiger charge is 2.43. The molecule has 0 bridgehead atoms. The topological polar surface area (TPSA) is 37.3 Å². The van der Waals surface area contributed by atoms with Crippen LogP contribution in [-0.2, 0) is 11.3 Å². The molecule has 0 radical (unpaired) electrons. The lowest BCUT2D eigenvalue weighted by Gasteiger charge is -2.39. The van der Waals surface area contributed by atoms with Gasteiger partial charge in [0, 0.05) is 40.4 Å². The van der Waals surface area contributed by atoms with E-state index in [0.717, 1.165) is 57.6 Å². The van der Waals surface area contributed by atoms with Gasteiger partial charge in [0.05, 0.1) is 4.91 Å². The fourth-order valence-corrected chi connectivity index (χ4v) is 7.35. The number of carbonyl (C=O) groups is 1. The summed E-state index contributed by atoms with van der Waals surface area (Å²) in [6, 6.07) is 25.4. The Kier molecular flexibility index (Phi) is 7.22. The predicted octanol–water partition coefficient (Wildman–Crippen LogP) is 8.03. The molecular formula is C33H34FN3OS. The van der Waals surface area contributed by atoms with Crippen LogP contribution in [0, 0.1) is 18.7 Å². The van der Waals surface area contributed by atoms with Crippen LogP contribution in [0.15, 0.2) is 83.8 Å². The van der Waals surface area contributed by atoms with Crippen LogP contribution in [0.2, 0.25) is 0 Å². The molecule has 200 valence electrons. The van der Waals surface area contributed by atoms with Gasteiger partial charge in [0.1, 0.15) is 5.82 Å². The lowest BCUT2D eigenvalue weighted by Crippen LogP contribution is -2.48. The molecule has 1 N–H and O–H groups in total. The standard InChI is InChI=1S/C33H34FN3OS/c1-22-11-6-8-17-29(22)37-32(38)31(39-33(37)35-26-14-4-3-5-15-26)20-28-23(2)36(30-18-9-7-16-27(28)30)21-24-12-10-13-25(34)19-24/h3-5,7,9-10,12-16,18-20,22,29,33,35H,6,8,11,17,21H2,1-2H3/b31-20-/t22-,29-,33?/m1/s1. The summed E-state index contributed by atoms with van der Waals surface area (Å²) in [5, 5.41) is 4.74. The summed E-state index contributed by atoms with van der Waals surface area (Å²) in [6.45, 7) is 4.95. The predicted molar refractivity (Wildman–Crippen MR) is 160 cm³/mol. The minimum absolute atomic E-state index is 0.105. The van der Waals surface area contributed by atoms with Gasteiger partial charge in [-0.15, -0.1) is 0 Å². The van der Waals surface area contributed by atoms with Crippen LogP contribution in [0.3, 0.4) is 0 Å². The van der Waals surface area contributed by atoms with Crippen molar-refractivity contribution in [1.29, 1.82) is 0 Å². The number of nitrogens with one attached hydrogen (secondary N) is 1. The van der Waals surface area contributed by atoms with Gasteiger partial charge in [-0.25, -0.2) is 4.39 Å². The Morgan fingerprint density at radius 3 is 2.56 bits per heavy atom. The molecule has 6 rings (SSSR count). The van der Waals surface area contributed by atoms with Crippen LogP contribution in [0.5, 0.6) is 0 Å². The van der Waals surface area contributed by atoms with Gasteiger partial charge in [-0.3, -0.25) is 4.79 Å². The smallest absolute Gasteiger partial charge is 0.262 e. The van der Waals surface area contributed by atoms with Crippen molar-refractivity contribution in [1.82, 2.24) is 9.47 Å². The Labute approximate surface area is 233 Å². The van der Waals surface area contributed by atoms with Crippen molar-refractivity contribution in [2.75, 3.05) is 5.32 Å². The third-order valence-corrected chi connectivity index (χ3v) is 9.32. The average molecular weight is 540 g/mol. The highest BCUT2D eigenvalue weighted by molar-refractivity contribution is 8.05. The molecule has 1 aromatic heterocycles. The van der Waals surface area contributed by atoms with Crippen molar-refractivity contribution in [2.45, 2.75) is 57.6 Å². The molecule has 1 unspecified atom stereocenters. The fourth-order valence-electron chi connectivity index (χ4n) is 6.16. The molecular weight excluding hydrogens is 505 g/mol. The van der Waals surface area contributed by atoms with E-state index in [1.54, 1.807) is 23.9 Å². The number of hydrogen-bond acceptors (Lipinski definition) is 3. The molecule has 2 heterocycles. The van der Waals surface area contributed by atoms with Crippen LogP contribution >= 0.6 is 11.8 Å². The van der Waals surface area contributed by atoms with Crippen molar-refractivity contribution in [2.24, 2.45) is 5.92 Å². The summed E-state index contributed by atoms with van der Waals surface area (Å²) in [4.78, 5) is 17.0. The maximum atomic E-state index is 14.1. The summed E-state index contributed by atoms with van der Waals surface area (Å²) in [5.74, 6) is 0.345. The van der Waals surface area contributed by atoms with Gasteiger partial charge in [-0.05, 0) is 67.7 Å². The zero-order chi connectivity index (χ0) is 26.9. The third kappa shape index (κ3) is 5.10. The number of hydrogen-bond donors (Lipinski definition) is 1. The maximum absolute atomic E-state index is 14.1. The van der Waals surface area contributed by atoms with E-state index in [2.05, 4.69) is 59.0 Å². The number of anilines is 1. The molecule has 0 spiro atoms. The summed E-state index contributed by atoms with van der Waals surface area (Å²) in [6.07, 6.45) is 6.67. The van der Waals surface area contributed by atoms with Gasteiger partial charge in [0.25, 0.3) is 5.91 Å². The molecule has 2 aliphatic rings. The van der Waals surface area contributed by atoms with E-state index in [9.17, 15) is 9.18 Å². The van der Waals surface area contributed by atoms with Crippen molar-refractivity contribution < 1.29 is 9.18 Å². The zero-order valence-electron chi connectivity index (χ0n) is 22.4. The van der Waals surface area contributed by atoms with E-state index in [0.29, 0.717) is 12.5 Å². The molecule has 4 aromatic rings. The molecule has 2 fully saturated rings. The first-order valence-electron chi connectivity index (χ1n) is 13.8. The molecule has 6 heteroatoms. The van der Waals surface area contributed by atoms with E-state index in [1.165, 1.54) is 12.5 Å². The van der Waals surface area contributed by atoms with E-state index in [4.69, 9.17) is 0 Å². The number of benzene rings is 3. The zero-order valence-corrected chi connectivity index (χ0v) is 23.3.